The predicted molar refractivity (Wildman–Crippen MR) is 117 cm³/mol. The van der Waals surface area contributed by atoms with E-state index in [-0.39, 0.29) is 22.5 Å². The lowest BCUT2D eigenvalue weighted by Gasteiger charge is -2.37. The van der Waals surface area contributed by atoms with Gasteiger partial charge in [0.15, 0.2) is 0 Å². The molecule has 30 heavy (non-hydrogen) atoms. The molecule has 3 atom stereocenters. The Morgan fingerprint density at radius 2 is 2.07 bits per heavy atom. The predicted octanol–water partition coefficient (Wildman–Crippen LogP) is 5.37. The molecule has 2 N–H and O–H groups in total. The van der Waals surface area contributed by atoms with Gasteiger partial charge in [0.1, 0.15) is 21.4 Å². The molecular weight excluding hydrogens is 448 g/mol. The van der Waals surface area contributed by atoms with Gasteiger partial charge in [-0.3, -0.25) is 5.32 Å². The molecule has 1 saturated heterocycles. The van der Waals surface area contributed by atoms with Crippen molar-refractivity contribution in [2.75, 3.05) is 0 Å². The number of hydrogen-bond donors (Lipinski definition) is 2. The van der Waals surface area contributed by atoms with Gasteiger partial charge in [0, 0.05) is 11.9 Å². The first-order chi connectivity index (χ1) is 14.1. The van der Waals surface area contributed by atoms with Crippen molar-refractivity contribution in [2.45, 2.75) is 37.8 Å². The van der Waals surface area contributed by atoms with Gasteiger partial charge in [0.2, 0.25) is 0 Å². The molecule has 2 aromatic rings. The normalized spacial score (nSPS) is 25.9. The van der Waals surface area contributed by atoms with E-state index in [0.717, 1.165) is 11.3 Å². The lowest BCUT2D eigenvalue weighted by atomic mass is 9.82. The second-order valence-electron chi connectivity index (χ2n) is 7.84. The second kappa shape index (κ2) is 7.71. The molecule has 1 aromatic heterocycles. The Bertz CT molecular complexity index is 1050. The van der Waals surface area contributed by atoms with Crippen molar-refractivity contribution in [3.63, 3.8) is 0 Å². The van der Waals surface area contributed by atoms with Crippen molar-refractivity contribution in [2.24, 2.45) is 5.92 Å². The fourth-order valence-corrected chi connectivity index (χ4v) is 5.95. The Kier molecular flexibility index (Phi) is 5.51. The number of pyridine rings is 1. The molecule has 0 spiro atoms. The van der Waals surface area contributed by atoms with Gasteiger partial charge in [-0.2, -0.15) is 0 Å². The van der Waals surface area contributed by atoms with Crippen molar-refractivity contribution in [1.29, 1.82) is 0 Å². The molecule has 2 aliphatic heterocycles. The zero-order valence-electron chi connectivity index (χ0n) is 16.5. The van der Waals surface area contributed by atoms with Crippen molar-refractivity contribution in [1.82, 2.24) is 15.2 Å². The van der Waals surface area contributed by atoms with Crippen LogP contribution in [0.15, 0.2) is 47.1 Å². The van der Waals surface area contributed by atoms with Gasteiger partial charge >= 0.3 is 5.97 Å². The Hall–Kier alpha value is -1.80. The number of nitrogens with zero attached hydrogens (tertiary/aromatic N) is 2. The van der Waals surface area contributed by atoms with Crippen LogP contribution < -0.4 is 5.32 Å². The highest BCUT2D eigenvalue weighted by atomic mass is 35.5. The molecule has 0 radical (unpaired) electrons. The number of aromatic nitrogens is 1. The first kappa shape index (κ1) is 21.4. The lowest BCUT2D eigenvalue weighted by molar-refractivity contribution is -0.131. The standard InChI is InChI=1S/C21H20Cl2FN3O2S/c1-10(2)16-17(19(28)29)30-20-26-21(3,12-5-7-15(23)25-9-12)18(27(16)20)11-4-6-13(22)14(24)8-11/h4-10,18,20,26H,1-3H3,(H,28,29)/t18?,20?,21-/m0/s1. The molecule has 0 amide bonds. The van der Waals surface area contributed by atoms with Gasteiger partial charge in [-0.15, -0.1) is 0 Å². The number of hydrogen-bond acceptors (Lipinski definition) is 5. The summed E-state index contributed by atoms with van der Waals surface area (Å²) in [5, 5.41) is 13.7. The van der Waals surface area contributed by atoms with E-state index < -0.39 is 17.3 Å². The number of allylic oxidation sites excluding steroid dienone is 1. The highest BCUT2D eigenvalue weighted by Crippen LogP contribution is 2.56. The number of benzene rings is 1. The van der Waals surface area contributed by atoms with Gasteiger partial charge in [0.25, 0.3) is 0 Å². The zero-order valence-corrected chi connectivity index (χ0v) is 18.8. The van der Waals surface area contributed by atoms with Gasteiger partial charge in [-0.05, 0) is 42.2 Å². The molecule has 0 aliphatic carbocycles. The van der Waals surface area contributed by atoms with E-state index >= 15 is 0 Å². The lowest BCUT2D eigenvalue weighted by Crippen LogP contribution is -2.40. The van der Waals surface area contributed by atoms with Gasteiger partial charge in [0.05, 0.1) is 16.6 Å². The van der Waals surface area contributed by atoms with Crippen LogP contribution in [0.1, 0.15) is 37.9 Å². The maximum Gasteiger partial charge on any atom is 0.344 e. The molecular formula is C21H20Cl2FN3O2S. The summed E-state index contributed by atoms with van der Waals surface area (Å²) >= 11 is 13.2. The number of aliphatic carboxylic acids is 1. The van der Waals surface area contributed by atoms with E-state index in [1.54, 1.807) is 18.3 Å². The number of rotatable bonds is 4. The highest BCUT2D eigenvalue weighted by molar-refractivity contribution is 8.04. The SMILES string of the molecule is CC(C)C1=C(C(=O)O)SC2N[C@@](C)(c3ccc(Cl)nc3)C(c3ccc(Cl)c(F)c3)N12. The maximum absolute atomic E-state index is 14.4. The summed E-state index contributed by atoms with van der Waals surface area (Å²) in [6.07, 6.45) is 1.69. The molecule has 3 heterocycles. The first-order valence-electron chi connectivity index (χ1n) is 9.40. The highest BCUT2D eigenvalue weighted by Gasteiger charge is 2.56. The summed E-state index contributed by atoms with van der Waals surface area (Å²) in [5.41, 5.74) is 1.27. The van der Waals surface area contributed by atoms with Gasteiger partial charge in [-0.1, -0.05) is 60.9 Å². The molecule has 0 saturated carbocycles. The van der Waals surface area contributed by atoms with Crippen LogP contribution in [-0.4, -0.2) is 26.5 Å². The van der Waals surface area contributed by atoms with Crippen LogP contribution in [0.5, 0.6) is 0 Å². The van der Waals surface area contributed by atoms with Crippen LogP contribution in [0.25, 0.3) is 0 Å². The molecule has 0 bridgehead atoms. The Labute approximate surface area is 188 Å². The Balaban J connectivity index is 1.92. The van der Waals surface area contributed by atoms with Crippen molar-refractivity contribution in [3.05, 3.63) is 74.3 Å². The third-order valence-electron chi connectivity index (χ3n) is 5.57. The number of fused-ring (bicyclic) bond motifs is 1. The van der Waals surface area contributed by atoms with Crippen LogP contribution in [0.4, 0.5) is 4.39 Å². The molecule has 1 fully saturated rings. The van der Waals surface area contributed by atoms with Crippen molar-refractivity contribution >= 4 is 40.9 Å². The van der Waals surface area contributed by atoms with Gasteiger partial charge < -0.3 is 10.0 Å². The number of halogens is 3. The van der Waals surface area contributed by atoms with Crippen LogP contribution >= 0.6 is 35.0 Å². The zero-order chi connectivity index (χ0) is 21.8. The molecule has 9 heteroatoms. The summed E-state index contributed by atoms with van der Waals surface area (Å²) in [6.45, 7) is 5.92. The number of nitrogens with one attached hydrogen (secondary N) is 1. The number of carboxylic acid groups (broad SMARTS) is 1. The Morgan fingerprint density at radius 3 is 2.63 bits per heavy atom. The summed E-state index contributed by atoms with van der Waals surface area (Å²) < 4.78 is 14.4. The van der Waals surface area contributed by atoms with Crippen LogP contribution in [0.3, 0.4) is 0 Å². The van der Waals surface area contributed by atoms with E-state index in [1.807, 2.05) is 26.8 Å². The van der Waals surface area contributed by atoms with Gasteiger partial charge in [-0.25, -0.2) is 14.2 Å². The maximum atomic E-state index is 14.4. The molecule has 158 valence electrons. The minimum atomic E-state index is -0.962. The van der Waals surface area contributed by atoms with Crippen molar-refractivity contribution in [3.8, 4) is 0 Å². The van der Waals surface area contributed by atoms with E-state index in [9.17, 15) is 14.3 Å². The largest absolute Gasteiger partial charge is 0.477 e. The smallest absolute Gasteiger partial charge is 0.344 e. The minimum Gasteiger partial charge on any atom is -0.477 e. The second-order valence-corrected chi connectivity index (χ2v) is 9.73. The summed E-state index contributed by atoms with van der Waals surface area (Å²) in [6, 6.07) is 7.93. The average molecular weight is 468 g/mol. The molecule has 4 rings (SSSR count). The summed E-state index contributed by atoms with van der Waals surface area (Å²) in [7, 11) is 0. The van der Waals surface area contributed by atoms with E-state index in [2.05, 4.69) is 15.2 Å². The van der Waals surface area contributed by atoms with E-state index in [4.69, 9.17) is 23.2 Å². The van der Waals surface area contributed by atoms with Crippen LogP contribution in [0.2, 0.25) is 10.2 Å². The third-order valence-corrected chi connectivity index (χ3v) is 7.29. The average Bonchev–Trinajstić information content (AvgIpc) is 3.17. The molecule has 5 nitrogen and oxygen atoms in total. The topological polar surface area (TPSA) is 65.5 Å². The van der Waals surface area contributed by atoms with E-state index in [1.165, 1.54) is 23.9 Å². The third kappa shape index (κ3) is 3.38. The van der Waals surface area contributed by atoms with Crippen molar-refractivity contribution < 1.29 is 14.3 Å². The summed E-state index contributed by atoms with van der Waals surface area (Å²) in [4.78, 5) is 18.5. The molecule has 2 aliphatic rings. The quantitative estimate of drug-likeness (QED) is 0.589. The fourth-order valence-electron chi connectivity index (χ4n) is 4.28. The van der Waals surface area contributed by atoms with Crippen LogP contribution in [0, 0.1) is 11.7 Å². The summed E-state index contributed by atoms with van der Waals surface area (Å²) in [5.74, 6) is -1.52. The number of carbonyl (C=O) groups is 1. The molecule has 1 aromatic carbocycles. The monoisotopic (exact) mass is 467 g/mol. The Morgan fingerprint density at radius 1 is 1.33 bits per heavy atom. The fraction of sp³-hybridized carbons (Fsp3) is 0.333. The number of carboxylic acids is 1. The van der Waals surface area contributed by atoms with E-state index in [0.29, 0.717) is 15.6 Å². The molecule has 2 unspecified atom stereocenters. The first-order valence-corrected chi connectivity index (χ1v) is 11.0. The van der Waals surface area contributed by atoms with Crippen LogP contribution in [-0.2, 0) is 10.3 Å². The minimum absolute atomic E-state index is 0.0396. The number of thioether (sulfide) groups is 1.